The smallest absolute Gasteiger partial charge is 0.465 e. The predicted molar refractivity (Wildman–Crippen MR) is 187 cm³/mol. The van der Waals surface area contributed by atoms with Crippen molar-refractivity contribution in [1.82, 2.24) is 16.0 Å². The molecular formula is C37H58BN3O8. The highest BCUT2D eigenvalue weighted by Crippen LogP contribution is 2.65. The molecule has 272 valence electrons. The molecule has 1 unspecified atom stereocenters. The second-order valence-electron chi connectivity index (χ2n) is 16.4. The van der Waals surface area contributed by atoms with E-state index < -0.39 is 42.8 Å². The quantitative estimate of drug-likeness (QED) is 0.164. The van der Waals surface area contributed by atoms with Crippen LogP contribution in [0.4, 0.5) is 4.79 Å². The molecule has 3 saturated carbocycles. The van der Waals surface area contributed by atoms with Gasteiger partial charge >= 0.3 is 19.2 Å². The molecule has 0 spiro atoms. The Hall–Kier alpha value is -3.12. The van der Waals surface area contributed by atoms with Gasteiger partial charge < -0.3 is 34.7 Å². The van der Waals surface area contributed by atoms with Crippen LogP contribution in [0.2, 0.25) is 0 Å². The van der Waals surface area contributed by atoms with Crippen LogP contribution in [0.1, 0.15) is 110 Å². The number of hydrogen-bond donors (Lipinski definition) is 3. The lowest BCUT2D eigenvalue weighted by atomic mass is 9.43. The van der Waals surface area contributed by atoms with E-state index in [0.717, 1.165) is 12.8 Å². The number of hydrogen-bond acceptors (Lipinski definition) is 8. The summed E-state index contributed by atoms with van der Waals surface area (Å²) in [5, 5.41) is 8.84. The maximum Gasteiger partial charge on any atom is 0.481 e. The van der Waals surface area contributed by atoms with Crippen LogP contribution in [0, 0.1) is 35.0 Å². The molecule has 4 fully saturated rings. The topological polar surface area (TPSA) is 141 Å². The van der Waals surface area contributed by atoms with E-state index in [0.29, 0.717) is 42.2 Å². The molecule has 1 aromatic carbocycles. The number of nitrogens with one attached hydrogen (secondary N) is 3. The molecule has 3 N–H and O–H groups in total. The molecule has 11 nitrogen and oxygen atoms in total. The minimum atomic E-state index is -0.914. The van der Waals surface area contributed by atoms with Gasteiger partial charge in [-0.05, 0) is 91.7 Å². The van der Waals surface area contributed by atoms with E-state index in [1.54, 1.807) is 24.3 Å². The fourth-order valence-corrected chi connectivity index (χ4v) is 7.97. The monoisotopic (exact) mass is 683 g/mol. The Morgan fingerprint density at radius 3 is 1.96 bits per heavy atom. The molecule has 49 heavy (non-hydrogen) atoms. The van der Waals surface area contributed by atoms with E-state index >= 15 is 0 Å². The van der Waals surface area contributed by atoms with Crippen LogP contribution in [-0.2, 0) is 35.0 Å². The van der Waals surface area contributed by atoms with Gasteiger partial charge in [0.25, 0.3) is 0 Å². The van der Waals surface area contributed by atoms with Crippen molar-refractivity contribution in [1.29, 1.82) is 0 Å². The van der Waals surface area contributed by atoms with Gasteiger partial charge in [0.15, 0.2) is 0 Å². The number of benzene rings is 1. The molecule has 12 heteroatoms. The van der Waals surface area contributed by atoms with Gasteiger partial charge in [-0.1, -0.05) is 67.5 Å². The summed E-state index contributed by atoms with van der Waals surface area (Å²) >= 11 is 0. The van der Waals surface area contributed by atoms with Gasteiger partial charge in [0.05, 0.1) is 30.3 Å². The zero-order valence-corrected chi connectivity index (χ0v) is 31.1. The van der Waals surface area contributed by atoms with E-state index in [2.05, 4.69) is 50.6 Å². The summed E-state index contributed by atoms with van der Waals surface area (Å²) in [5.74, 6) is -0.119. The number of rotatable bonds is 15. The molecule has 1 aromatic rings. The molecule has 2 bridgehead atoms. The number of alkyl carbamates (subject to hydrolysis) is 1. The Morgan fingerprint density at radius 1 is 0.837 bits per heavy atom. The lowest BCUT2D eigenvalue weighted by molar-refractivity contribution is -0.199. The summed E-state index contributed by atoms with van der Waals surface area (Å²) in [6.45, 7) is 18.9. The Morgan fingerprint density at radius 2 is 1.41 bits per heavy atom. The third kappa shape index (κ3) is 9.17. The van der Waals surface area contributed by atoms with Crippen molar-refractivity contribution in [2.75, 3.05) is 7.11 Å². The van der Waals surface area contributed by atoms with E-state index in [4.69, 9.17) is 18.8 Å². The lowest BCUT2D eigenvalue weighted by Crippen LogP contribution is -2.65. The van der Waals surface area contributed by atoms with Crippen LogP contribution in [0.5, 0.6) is 0 Å². The molecule has 1 saturated heterocycles. The van der Waals surface area contributed by atoms with Gasteiger partial charge in [-0.25, -0.2) is 9.59 Å². The van der Waals surface area contributed by atoms with Gasteiger partial charge in [0, 0.05) is 0 Å². The fourth-order valence-electron chi connectivity index (χ4n) is 7.97. The first-order valence-corrected chi connectivity index (χ1v) is 18.0. The van der Waals surface area contributed by atoms with Gasteiger partial charge in [-0.2, -0.15) is 0 Å². The van der Waals surface area contributed by atoms with E-state index in [1.807, 2.05) is 27.7 Å². The zero-order valence-electron chi connectivity index (χ0n) is 31.1. The van der Waals surface area contributed by atoms with Gasteiger partial charge in [-0.3, -0.25) is 9.59 Å². The maximum absolute atomic E-state index is 14.0. The van der Waals surface area contributed by atoms with Crippen molar-refractivity contribution in [3.05, 3.63) is 35.4 Å². The number of ether oxygens (including phenoxy) is 2. The Balaban J connectivity index is 1.40. The molecule has 5 rings (SSSR count). The second-order valence-corrected chi connectivity index (χ2v) is 16.4. The van der Waals surface area contributed by atoms with Crippen LogP contribution in [0.3, 0.4) is 0 Å². The molecular weight excluding hydrogens is 625 g/mol. The number of carbonyl (C=O) groups is 4. The van der Waals surface area contributed by atoms with Gasteiger partial charge in [0.2, 0.25) is 11.8 Å². The van der Waals surface area contributed by atoms with Crippen LogP contribution in [0.15, 0.2) is 24.3 Å². The van der Waals surface area contributed by atoms with Gasteiger partial charge in [0.1, 0.15) is 18.7 Å². The van der Waals surface area contributed by atoms with Crippen molar-refractivity contribution in [2.45, 2.75) is 131 Å². The fraction of sp³-hybridized carbons (Fsp3) is 0.730. The molecule has 7 atom stereocenters. The van der Waals surface area contributed by atoms with Crippen LogP contribution in [-0.4, -0.2) is 67.8 Å². The van der Waals surface area contributed by atoms with Crippen LogP contribution < -0.4 is 16.0 Å². The number of carbonyl (C=O) groups excluding carboxylic acids is 4. The molecule has 0 aromatic heterocycles. The third-order valence-electron chi connectivity index (χ3n) is 10.8. The highest BCUT2D eigenvalue weighted by Gasteiger charge is 2.68. The third-order valence-corrected chi connectivity index (χ3v) is 10.8. The minimum absolute atomic E-state index is 0.00570. The summed E-state index contributed by atoms with van der Waals surface area (Å²) in [4.78, 5) is 52.2. The first kappa shape index (κ1) is 38.7. The molecule has 4 aliphatic rings. The van der Waals surface area contributed by atoms with Crippen LogP contribution >= 0.6 is 0 Å². The Labute approximate surface area is 292 Å². The molecule has 0 radical (unpaired) electrons. The summed E-state index contributed by atoms with van der Waals surface area (Å²) in [7, 11) is 0.732. The average Bonchev–Trinajstić information content (AvgIpc) is 3.39. The predicted octanol–water partition coefficient (Wildman–Crippen LogP) is 5.44. The van der Waals surface area contributed by atoms with Gasteiger partial charge in [-0.15, -0.1) is 0 Å². The van der Waals surface area contributed by atoms with Crippen molar-refractivity contribution < 1.29 is 38.0 Å². The number of esters is 1. The number of amides is 3. The van der Waals surface area contributed by atoms with E-state index in [-0.39, 0.29) is 47.7 Å². The highest BCUT2D eigenvalue weighted by atomic mass is 16.7. The number of methoxy groups -OCH3 is 1. The molecule has 3 amide bonds. The van der Waals surface area contributed by atoms with E-state index in [1.165, 1.54) is 7.11 Å². The molecule has 1 heterocycles. The first-order valence-electron chi connectivity index (χ1n) is 18.0. The molecule has 1 aliphatic heterocycles. The van der Waals surface area contributed by atoms with E-state index in [9.17, 15) is 19.2 Å². The van der Waals surface area contributed by atoms with Crippen molar-refractivity contribution in [2.24, 2.45) is 35.0 Å². The SMILES string of the molecule is COC(=O)c1ccc(COC(=O)N[C@@H](CC(C)C)C(=O)N[C@@H](CC(C)C)C(=O)N[C@@H](CC(C)C)B2OC3C[C@@H]4C[C@@H](C4(C)C)[C@]3(C)O2)cc1. The summed E-state index contributed by atoms with van der Waals surface area (Å²) in [6, 6.07) is 4.77. The maximum atomic E-state index is 14.0. The van der Waals surface area contributed by atoms with Crippen LogP contribution in [0.25, 0.3) is 0 Å². The summed E-state index contributed by atoms with van der Waals surface area (Å²) in [5.41, 5.74) is 0.861. The first-order chi connectivity index (χ1) is 22.9. The normalized spacial score (nSPS) is 25.6. The van der Waals surface area contributed by atoms with Crippen molar-refractivity contribution >= 4 is 31.0 Å². The highest BCUT2D eigenvalue weighted by molar-refractivity contribution is 6.48. The lowest BCUT2D eigenvalue weighted by Gasteiger charge is -2.64. The van der Waals surface area contributed by atoms with Crippen molar-refractivity contribution in [3.63, 3.8) is 0 Å². The standard InChI is InChI=1S/C37H58BN3O8/c1-21(2)15-27(33(43)41-31(17-23(5)6)38-48-30-19-26-18-29(36(26,7)8)37(30,9)49-38)39-32(42)28(16-22(3)4)40-35(45)47-20-24-11-13-25(14-12-24)34(44)46-10/h11-14,21-23,26-31H,15-20H2,1-10H3,(H,39,42)(H,40,45)(H,41,43)/t26-,27-,28-,29-,30?,31-,37-/m0/s1. The van der Waals surface area contributed by atoms with Crippen molar-refractivity contribution in [3.8, 4) is 0 Å². The Kier molecular flexibility index (Phi) is 12.5. The molecule has 3 aliphatic carbocycles. The second kappa shape index (κ2) is 15.8. The summed E-state index contributed by atoms with van der Waals surface area (Å²) in [6.07, 6.45) is 2.76. The minimum Gasteiger partial charge on any atom is -0.465 e. The Bertz CT molecular complexity index is 1340. The zero-order chi connectivity index (χ0) is 36.3. The largest absolute Gasteiger partial charge is 0.481 e. The average molecular weight is 684 g/mol. The summed E-state index contributed by atoms with van der Waals surface area (Å²) < 4.78 is 23.4.